The number of thiazole rings is 1. The van der Waals surface area contributed by atoms with Gasteiger partial charge in [0.15, 0.2) is 4.80 Å². The number of hydrogen-bond acceptors (Lipinski definition) is 5. The molecular weight excluding hydrogens is 383 g/mol. The molecule has 6 nitrogen and oxygen atoms in total. The number of halogens is 1. The molecule has 0 saturated heterocycles. The van der Waals surface area contributed by atoms with Crippen LogP contribution >= 0.6 is 11.3 Å². The van der Waals surface area contributed by atoms with Crippen LogP contribution in [-0.2, 0) is 27.3 Å². The molecule has 146 valence electrons. The van der Waals surface area contributed by atoms with E-state index in [0.717, 1.165) is 22.5 Å². The number of nitrogens with zero attached hydrogens (tertiary/aromatic N) is 2. The van der Waals surface area contributed by atoms with E-state index in [9.17, 15) is 14.0 Å². The van der Waals surface area contributed by atoms with E-state index in [0.29, 0.717) is 20.8 Å². The van der Waals surface area contributed by atoms with Crippen molar-refractivity contribution >= 4 is 33.4 Å². The molecule has 0 aliphatic carbocycles. The van der Waals surface area contributed by atoms with Gasteiger partial charge in [0.2, 0.25) is 0 Å². The van der Waals surface area contributed by atoms with Gasteiger partial charge in [-0.2, -0.15) is 4.99 Å². The van der Waals surface area contributed by atoms with Gasteiger partial charge in [0.25, 0.3) is 5.91 Å². The summed E-state index contributed by atoms with van der Waals surface area (Å²) in [6, 6.07) is 9.77. The van der Waals surface area contributed by atoms with Gasteiger partial charge >= 0.3 is 5.97 Å². The largest absolute Gasteiger partial charge is 0.496 e. The molecule has 1 heterocycles. The fraction of sp³-hybridized carbons (Fsp3) is 0.250. The van der Waals surface area contributed by atoms with E-state index in [2.05, 4.69) is 4.99 Å². The molecule has 8 heteroatoms. The van der Waals surface area contributed by atoms with E-state index >= 15 is 0 Å². The number of carbonyl (C=O) groups is 2. The van der Waals surface area contributed by atoms with Crippen molar-refractivity contribution in [1.29, 1.82) is 0 Å². The zero-order chi connectivity index (χ0) is 20.3. The molecular formula is C20H19FN2O4S. The Labute approximate surface area is 164 Å². The number of esters is 1. The Balaban J connectivity index is 2.03. The molecule has 0 radical (unpaired) electrons. The predicted molar refractivity (Wildman–Crippen MR) is 104 cm³/mol. The summed E-state index contributed by atoms with van der Waals surface area (Å²) in [5.41, 5.74) is 2.33. The maximum Gasteiger partial charge on any atom is 0.325 e. The van der Waals surface area contributed by atoms with Crippen molar-refractivity contribution < 1.29 is 23.5 Å². The molecule has 0 fully saturated rings. The Bertz CT molecular complexity index is 1120. The third-order valence-corrected chi connectivity index (χ3v) is 5.20. The molecule has 3 aromatic rings. The average molecular weight is 402 g/mol. The summed E-state index contributed by atoms with van der Waals surface area (Å²) in [5.74, 6) is -0.677. The number of hydrogen-bond donors (Lipinski definition) is 0. The van der Waals surface area contributed by atoms with Crippen LogP contribution in [0.2, 0.25) is 0 Å². The average Bonchev–Trinajstić information content (AvgIpc) is 2.97. The lowest BCUT2D eigenvalue weighted by atomic mass is 10.1. The van der Waals surface area contributed by atoms with Crippen molar-refractivity contribution in [3.63, 3.8) is 0 Å². The normalized spacial score (nSPS) is 11.6. The molecule has 0 spiro atoms. The third-order valence-electron chi connectivity index (χ3n) is 4.16. The van der Waals surface area contributed by atoms with Crippen LogP contribution in [0.4, 0.5) is 4.39 Å². The van der Waals surface area contributed by atoms with E-state index in [4.69, 9.17) is 9.47 Å². The van der Waals surface area contributed by atoms with Gasteiger partial charge < -0.3 is 14.0 Å². The summed E-state index contributed by atoms with van der Waals surface area (Å²) in [5, 5.41) is 0. The summed E-state index contributed by atoms with van der Waals surface area (Å²) >= 11 is 1.14. The molecule has 1 aromatic heterocycles. The second-order valence-corrected chi connectivity index (χ2v) is 7.17. The lowest BCUT2D eigenvalue weighted by Crippen LogP contribution is -2.22. The molecule has 0 atom stereocenters. The highest BCUT2D eigenvalue weighted by Crippen LogP contribution is 2.21. The first kappa shape index (κ1) is 19.8. The van der Waals surface area contributed by atoms with Gasteiger partial charge in [0, 0.05) is 5.56 Å². The summed E-state index contributed by atoms with van der Waals surface area (Å²) < 4.78 is 25.7. The van der Waals surface area contributed by atoms with Crippen molar-refractivity contribution in [3.05, 3.63) is 58.1 Å². The van der Waals surface area contributed by atoms with Crippen molar-refractivity contribution in [1.82, 2.24) is 4.57 Å². The van der Waals surface area contributed by atoms with E-state index in [-0.39, 0.29) is 13.0 Å². The number of aromatic nitrogens is 1. The number of ether oxygens (including phenoxy) is 2. The summed E-state index contributed by atoms with van der Waals surface area (Å²) in [7, 11) is 2.82. The van der Waals surface area contributed by atoms with Crippen LogP contribution in [0.3, 0.4) is 0 Å². The molecule has 0 N–H and O–H groups in total. The van der Waals surface area contributed by atoms with Crippen LogP contribution in [-0.4, -0.2) is 30.7 Å². The molecule has 28 heavy (non-hydrogen) atoms. The number of benzene rings is 2. The highest BCUT2D eigenvalue weighted by Gasteiger charge is 2.14. The molecule has 0 bridgehead atoms. The molecule has 0 aliphatic rings. The van der Waals surface area contributed by atoms with Crippen LogP contribution in [0.25, 0.3) is 10.2 Å². The van der Waals surface area contributed by atoms with Gasteiger partial charge in [-0.1, -0.05) is 29.0 Å². The molecule has 0 aliphatic heterocycles. The second kappa shape index (κ2) is 8.35. The highest BCUT2D eigenvalue weighted by molar-refractivity contribution is 7.16. The number of fused-ring (bicyclic) bond motifs is 1. The van der Waals surface area contributed by atoms with Crippen molar-refractivity contribution in [2.45, 2.75) is 19.9 Å². The quantitative estimate of drug-likeness (QED) is 0.615. The number of carbonyl (C=O) groups excluding carboxylic acids is 2. The van der Waals surface area contributed by atoms with E-state index < -0.39 is 17.7 Å². The first-order valence-electron chi connectivity index (χ1n) is 8.48. The SMILES string of the molecule is COC(=O)Cn1c(=NC(=O)Cc2cc(C)ccc2OC)sc2cc(F)ccc21. The van der Waals surface area contributed by atoms with Gasteiger partial charge in [0.1, 0.15) is 18.1 Å². The topological polar surface area (TPSA) is 69.9 Å². The number of amides is 1. The maximum absolute atomic E-state index is 13.6. The van der Waals surface area contributed by atoms with Gasteiger partial charge in [-0.05, 0) is 31.2 Å². The Morgan fingerprint density at radius 3 is 2.68 bits per heavy atom. The molecule has 2 aromatic carbocycles. The van der Waals surface area contributed by atoms with Crippen LogP contribution in [0.1, 0.15) is 11.1 Å². The number of methoxy groups -OCH3 is 2. The molecule has 3 rings (SSSR count). The zero-order valence-electron chi connectivity index (χ0n) is 15.7. The van der Waals surface area contributed by atoms with Crippen molar-refractivity contribution in [3.8, 4) is 5.75 Å². The van der Waals surface area contributed by atoms with Gasteiger partial charge in [0.05, 0.1) is 30.9 Å². The number of aryl methyl sites for hydroxylation is 1. The second-order valence-electron chi connectivity index (χ2n) is 6.16. The van der Waals surface area contributed by atoms with E-state index in [1.165, 1.54) is 19.2 Å². The fourth-order valence-corrected chi connectivity index (χ4v) is 3.91. The van der Waals surface area contributed by atoms with Crippen LogP contribution in [0.15, 0.2) is 41.4 Å². The maximum atomic E-state index is 13.6. The summed E-state index contributed by atoms with van der Waals surface area (Å²) in [4.78, 5) is 28.9. The molecule has 0 unspecified atom stereocenters. The fourth-order valence-electron chi connectivity index (χ4n) is 2.83. The minimum absolute atomic E-state index is 0.0473. The minimum Gasteiger partial charge on any atom is -0.496 e. The Kier molecular flexibility index (Phi) is 5.89. The van der Waals surface area contributed by atoms with Gasteiger partial charge in [-0.15, -0.1) is 0 Å². The Morgan fingerprint density at radius 2 is 1.96 bits per heavy atom. The van der Waals surface area contributed by atoms with Crippen molar-refractivity contribution in [2.24, 2.45) is 4.99 Å². The summed E-state index contributed by atoms with van der Waals surface area (Å²) in [6.45, 7) is 1.80. The highest BCUT2D eigenvalue weighted by atomic mass is 32.1. The van der Waals surface area contributed by atoms with Crippen LogP contribution < -0.4 is 9.54 Å². The lowest BCUT2D eigenvalue weighted by Gasteiger charge is -2.07. The molecule has 1 amide bonds. The Hall–Kier alpha value is -3.00. The predicted octanol–water partition coefficient (Wildman–Crippen LogP) is 3.00. The third kappa shape index (κ3) is 4.28. The van der Waals surface area contributed by atoms with Crippen molar-refractivity contribution in [2.75, 3.05) is 14.2 Å². The lowest BCUT2D eigenvalue weighted by molar-refractivity contribution is -0.141. The standard InChI is InChI=1S/C20H19FN2O4S/c1-12-4-7-16(26-2)13(8-12)9-18(24)22-20-23(11-19(25)27-3)15-6-5-14(21)10-17(15)28-20/h4-8,10H,9,11H2,1-3H3. The van der Waals surface area contributed by atoms with Gasteiger partial charge in [-0.25, -0.2) is 4.39 Å². The zero-order valence-corrected chi connectivity index (χ0v) is 16.5. The first-order chi connectivity index (χ1) is 13.4. The first-order valence-corrected chi connectivity index (χ1v) is 9.29. The minimum atomic E-state index is -0.488. The van der Waals surface area contributed by atoms with Crippen LogP contribution in [0.5, 0.6) is 5.75 Å². The van der Waals surface area contributed by atoms with E-state index in [1.807, 2.05) is 19.1 Å². The number of rotatable bonds is 5. The summed E-state index contributed by atoms with van der Waals surface area (Å²) in [6.07, 6.45) is 0.0473. The molecule has 0 saturated carbocycles. The monoisotopic (exact) mass is 402 g/mol. The smallest absolute Gasteiger partial charge is 0.325 e. The van der Waals surface area contributed by atoms with Crippen LogP contribution in [0, 0.1) is 12.7 Å². The Morgan fingerprint density at radius 1 is 1.18 bits per heavy atom. The van der Waals surface area contributed by atoms with Gasteiger partial charge in [-0.3, -0.25) is 9.59 Å². The van der Waals surface area contributed by atoms with E-state index in [1.54, 1.807) is 23.8 Å².